The van der Waals surface area contributed by atoms with Gasteiger partial charge >= 0.3 is 0 Å². The molecule has 0 aromatic heterocycles. The van der Waals surface area contributed by atoms with Crippen LogP contribution < -0.4 is 5.32 Å². The van der Waals surface area contributed by atoms with Crippen LogP contribution >= 0.6 is 0 Å². The average molecular weight is 245 g/mol. The van der Waals surface area contributed by atoms with Crippen molar-refractivity contribution in [3.05, 3.63) is 35.4 Å². The van der Waals surface area contributed by atoms with Gasteiger partial charge in [-0.1, -0.05) is 12.1 Å². The number of amides is 1. The van der Waals surface area contributed by atoms with Crippen molar-refractivity contribution >= 4 is 5.91 Å². The van der Waals surface area contributed by atoms with E-state index in [0.717, 1.165) is 18.7 Å². The van der Waals surface area contributed by atoms with Crippen molar-refractivity contribution in [3.8, 4) is 6.07 Å². The Labute approximate surface area is 108 Å². The zero-order valence-corrected chi connectivity index (χ0v) is 11.1. The summed E-state index contributed by atoms with van der Waals surface area (Å²) in [5.41, 5.74) is 1.80. The van der Waals surface area contributed by atoms with Gasteiger partial charge < -0.3 is 10.2 Å². The van der Waals surface area contributed by atoms with Crippen LogP contribution in [-0.4, -0.2) is 31.4 Å². The van der Waals surface area contributed by atoms with Crippen molar-refractivity contribution in [2.45, 2.75) is 13.5 Å². The summed E-state index contributed by atoms with van der Waals surface area (Å²) >= 11 is 0. The Bertz CT molecular complexity index is 433. The van der Waals surface area contributed by atoms with Crippen molar-refractivity contribution in [3.63, 3.8) is 0 Å². The molecule has 1 aromatic carbocycles. The molecule has 4 heteroatoms. The van der Waals surface area contributed by atoms with E-state index in [-0.39, 0.29) is 11.8 Å². The van der Waals surface area contributed by atoms with Crippen LogP contribution in [0.5, 0.6) is 0 Å². The number of carbonyl (C=O) groups is 1. The van der Waals surface area contributed by atoms with Gasteiger partial charge in [-0.2, -0.15) is 5.26 Å². The summed E-state index contributed by atoms with van der Waals surface area (Å²) in [5.74, 6) is -0.0480. The number of hydrogen-bond donors (Lipinski definition) is 1. The Hall–Kier alpha value is -1.86. The number of nitrogens with zero attached hydrogens (tertiary/aromatic N) is 2. The van der Waals surface area contributed by atoms with Crippen molar-refractivity contribution < 1.29 is 4.79 Å². The molecule has 0 bridgehead atoms. The molecule has 18 heavy (non-hydrogen) atoms. The first-order valence-corrected chi connectivity index (χ1v) is 5.96. The molecule has 0 fully saturated rings. The predicted octanol–water partition coefficient (Wildman–Crippen LogP) is 1.64. The zero-order chi connectivity index (χ0) is 13.5. The summed E-state index contributed by atoms with van der Waals surface area (Å²) in [6.07, 6.45) is 0. The van der Waals surface area contributed by atoms with E-state index in [0.29, 0.717) is 5.56 Å². The van der Waals surface area contributed by atoms with E-state index in [9.17, 15) is 4.79 Å². The van der Waals surface area contributed by atoms with Crippen LogP contribution in [0.3, 0.4) is 0 Å². The third-order valence-corrected chi connectivity index (χ3v) is 2.70. The lowest BCUT2D eigenvalue weighted by molar-refractivity contribution is 0.0963. The number of benzene rings is 1. The van der Waals surface area contributed by atoms with Gasteiger partial charge in [0.25, 0.3) is 5.91 Å². The highest BCUT2D eigenvalue weighted by molar-refractivity contribution is 5.93. The smallest absolute Gasteiger partial charge is 0.251 e. The van der Waals surface area contributed by atoms with Crippen LogP contribution in [0.2, 0.25) is 0 Å². The molecule has 0 aliphatic rings. The van der Waals surface area contributed by atoms with Gasteiger partial charge in [-0.05, 0) is 31.7 Å². The number of rotatable bonds is 5. The number of nitrogens with one attached hydrogen (secondary N) is 1. The van der Waals surface area contributed by atoms with E-state index in [1.165, 1.54) is 0 Å². The van der Waals surface area contributed by atoms with Crippen LogP contribution in [0.1, 0.15) is 22.8 Å². The number of nitriles is 1. The Balaban J connectivity index is 2.59. The molecule has 0 aliphatic carbocycles. The van der Waals surface area contributed by atoms with E-state index in [1.807, 2.05) is 38.2 Å². The van der Waals surface area contributed by atoms with E-state index < -0.39 is 0 Å². The van der Waals surface area contributed by atoms with Crippen molar-refractivity contribution in [1.29, 1.82) is 5.26 Å². The average Bonchev–Trinajstić information content (AvgIpc) is 2.38. The fourth-order valence-electron chi connectivity index (χ4n) is 1.79. The quantitative estimate of drug-likeness (QED) is 0.858. The monoisotopic (exact) mass is 245 g/mol. The molecule has 1 N–H and O–H groups in total. The van der Waals surface area contributed by atoms with Gasteiger partial charge in [0, 0.05) is 25.7 Å². The molecule has 0 aliphatic heterocycles. The lowest BCUT2D eigenvalue weighted by Crippen LogP contribution is -2.23. The molecule has 0 radical (unpaired) electrons. The standard InChI is InChI=1S/C14H19N3O/c1-11(8-15)9-17(3)10-12-4-6-13(7-5-12)14(18)16-2/h4-7,11H,9-10H2,1-3H3,(H,16,18)/t11-/m0/s1. The van der Waals surface area contributed by atoms with E-state index in [1.54, 1.807) is 7.05 Å². The number of carbonyl (C=O) groups excluding carboxylic acids is 1. The van der Waals surface area contributed by atoms with E-state index >= 15 is 0 Å². The largest absolute Gasteiger partial charge is 0.355 e. The number of hydrogen-bond acceptors (Lipinski definition) is 3. The third-order valence-electron chi connectivity index (χ3n) is 2.70. The molecule has 0 heterocycles. The topological polar surface area (TPSA) is 56.1 Å². The second-order valence-corrected chi connectivity index (χ2v) is 4.50. The predicted molar refractivity (Wildman–Crippen MR) is 70.9 cm³/mol. The minimum Gasteiger partial charge on any atom is -0.355 e. The molecule has 0 saturated carbocycles. The van der Waals surface area contributed by atoms with Gasteiger partial charge in [0.2, 0.25) is 0 Å². The van der Waals surface area contributed by atoms with Gasteiger partial charge in [0.05, 0.1) is 12.0 Å². The minimum absolute atomic E-state index is 0.0279. The van der Waals surface area contributed by atoms with Crippen molar-refractivity contribution in [2.75, 3.05) is 20.6 Å². The van der Waals surface area contributed by atoms with Gasteiger partial charge in [-0.3, -0.25) is 4.79 Å². The maximum absolute atomic E-state index is 11.4. The van der Waals surface area contributed by atoms with Crippen LogP contribution in [-0.2, 0) is 6.54 Å². The van der Waals surface area contributed by atoms with Crippen LogP contribution in [0.4, 0.5) is 0 Å². The third kappa shape index (κ3) is 4.19. The Morgan fingerprint density at radius 2 is 2.06 bits per heavy atom. The Kier molecular flexibility index (Phi) is 5.34. The summed E-state index contributed by atoms with van der Waals surface area (Å²) in [6, 6.07) is 9.73. The minimum atomic E-state index is -0.0759. The van der Waals surface area contributed by atoms with Crippen LogP contribution in [0, 0.1) is 17.2 Å². The molecule has 0 saturated heterocycles. The Morgan fingerprint density at radius 3 is 2.56 bits per heavy atom. The molecular weight excluding hydrogens is 226 g/mol. The zero-order valence-electron chi connectivity index (χ0n) is 11.1. The first-order chi connectivity index (χ1) is 8.56. The molecule has 0 spiro atoms. The first-order valence-electron chi connectivity index (χ1n) is 5.96. The fraction of sp³-hybridized carbons (Fsp3) is 0.429. The molecule has 1 atom stereocenters. The summed E-state index contributed by atoms with van der Waals surface area (Å²) in [4.78, 5) is 13.5. The summed E-state index contributed by atoms with van der Waals surface area (Å²) < 4.78 is 0. The molecule has 96 valence electrons. The van der Waals surface area contributed by atoms with Crippen LogP contribution in [0.15, 0.2) is 24.3 Å². The van der Waals surface area contributed by atoms with E-state index in [4.69, 9.17) is 5.26 Å². The second kappa shape index (κ2) is 6.77. The van der Waals surface area contributed by atoms with Gasteiger partial charge in [0.15, 0.2) is 0 Å². The molecule has 0 unspecified atom stereocenters. The van der Waals surface area contributed by atoms with Crippen molar-refractivity contribution in [1.82, 2.24) is 10.2 Å². The molecular formula is C14H19N3O. The lowest BCUT2D eigenvalue weighted by atomic mass is 10.1. The SMILES string of the molecule is CNC(=O)c1ccc(CN(C)C[C@@H](C)C#N)cc1. The maximum atomic E-state index is 11.4. The first kappa shape index (κ1) is 14.2. The van der Waals surface area contributed by atoms with Gasteiger partial charge in [0.1, 0.15) is 0 Å². The highest BCUT2D eigenvalue weighted by atomic mass is 16.1. The highest BCUT2D eigenvalue weighted by Gasteiger charge is 2.07. The second-order valence-electron chi connectivity index (χ2n) is 4.50. The van der Waals surface area contributed by atoms with Crippen LogP contribution in [0.25, 0.3) is 0 Å². The molecule has 1 rings (SSSR count). The molecule has 1 aromatic rings. The molecule has 4 nitrogen and oxygen atoms in total. The summed E-state index contributed by atoms with van der Waals surface area (Å²) in [6.45, 7) is 3.43. The van der Waals surface area contributed by atoms with Gasteiger partial charge in [-0.15, -0.1) is 0 Å². The lowest BCUT2D eigenvalue weighted by Gasteiger charge is -2.17. The summed E-state index contributed by atoms with van der Waals surface area (Å²) in [7, 11) is 3.60. The van der Waals surface area contributed by atoms with E-state index in [2.05, 4.69) is 16.3 Å². The normalized spacial score (nSPS) is 11.9. The van der Waals surface area contributed by atoms with Gasteiger partial charge in [-0.25, -0.2) is 0 Å². The highest BCUT2D eigenvalue weighted by Crippen LogP contribution is 2.08. The fourth-order valence-corrected chi connectivity index (χ4v) is 1.79. The maximum Gasteiger partial charge on any atom is 0.251 e. The molecule has 1 amide bonds. The van der Waals surface area contributed by atoms with Crippen molar-refractivity contribution in [2.24, 2.45) is 5.92 Å². The summed E-state index contributed by atoms with van der Waals surface area (Å²) in [5, 5.41) is 11.3. The Morgan fingerprint density at radius 1 is 1.44 bits per heavy atom.